The first-order chi connectivity index (χ1) is 8.29. The van der Waals surface area contributed by atoms with Gasteiger partial charge in [0.2, 0.25) is 0 Å². The molecular weight excluding hydrogens is 230 g/mol. The van der Waals surface area contributed by atoms with Crippen molar-refractivity contribution in [2.45, 2.75) is 39.4 Å². The summed E-state index contributed by atoms with van der Waals surface area (Å²) < 4.78 is 5.20. The molecule has 1 atom stereocenters. The molecule has 0 spiro atoms. The van der Waals surface area contributed by atoms with Gasteiger partial charge >= 0.3 is 6.09 Å². The largest absolute Gasteiger partial charge is 0.442 e. The van der Waals surface area contributed by atoms with Gasteiger partial charge in [0.1, 0.15) is 11.7 Å². The van der Waals surface area contributed by atoms with Gasteiger partial charge in [-0.05, 0) is 33.3 Å². The summed E-state index contributed by atoms with van der Waals surface area (Å²) in [5.41, 5.74) is 0.484. The Morgan fingerprint density at radius 2 is 1.78 bits per heavy atom. The lowest BCUT2D eigenvalue weighted by Crippen LogP contribution is -2.34. The molecule has 0 aliphatic rings. The number of amides is 1. The summed E-state index contributed by atoms with van der Waals surface area (Å²) in [6.45, 7) is 7.34. The first-order valence-electron chi connectivity index (χ1n) is 5.98. The van der Waals surface area contributed by atoms with Crippen LogP contribution in [0, 0.1) is 0 Å². The predicted octanol–water partition coefficient (Wildman–Crippen LogP) is 3.55. The van der Waals surface area contributed by atoms with E-state index in [9.17, 15) is 4.79 Å². The topological polar surface area (TPSA) is 38.8 Å². The Hall–Kier alpha value is -1.55. The number of nitrogens with zero attached hydrogens (tertiary/aromatic N) is 1. The van der Waals surface area contributed by atoms with Gasteiger partial charge < -0.3 is 4.74 Å². The van der Waals surface area contributed by atoms with E-state index in [0.717, 1.165) is 10.6 Å². The molecular formula is C14H21NO3. The first-order valence-corrected chi connectivity index (χ1v) is 5.98. The van der Waals surface area contributed by atoms with Crippen molar-refractivity contribution in [2.75, 3.05) is 7.05 Å². The number of hydroxylamine groups is 2. The second-order valence-electron chi connectivity index (χ2n) is 5.14. The van der Waals surface area contributed by atoms with Gasteiger partial charge in [0.05, 0.1) is 0 Å². The van der Waals surface area contributed by atoms with Gasteiger partial charge in [0.25, 0.3) is 0 Å². The third kappa shape index (κ3) is 4.75. The molecule has 0 fully saturated rings. The zero-order chi connectivity index (χ0) is 13.8. The van der Waals surface area contributed by atoms with Crippen LogP contribution in [0.25, 0.3) is 0 Å². The van der Waals surface area contributed by atoms with Crippen LogP contribution in [0.3, 0.4) is 0 Å². The second kappa shape index (κ2) is 5.87. The van der Waals surface area contributed by atoms with Gasteiger partial charge in [-0.3, -0.25) is 4.84 Å². The molecule has 1 amide bonds. The van der Waals surface area contributed by atoms with E-state index in [4.69, 9.17) is 9.57 Å². The summed E-state index contributed by atoms with van der Waals surface area (Å²) >= 11 is 0. The maximum atomic E-state index is 11.7. The van der Waals surface area contributed by atoms with Crippen molar-refractivity contribution in [1.82, 2.24) is 5.06 Å². The van der Waals surface area contributed by atoms with E-state index in [1.807, 2.05) is 58.0 Å². The molecule has 0 aromatic heterocycles. The fourth-order valence-corrected chi connectivity index (χ4v) is 1.39. The fourth-order valence-electron chi connectivity index (χ4n) is 1.39. The van der Waals surface area contributed by atoms with Crippen molar-refractivity contribution in [3.63, 3.8) is 0 Å². The average Bonchev–Trinajstić information content (AvgIpc) is 2.27. The minimum Gasteiger partial charge on any atom is -0.442 e. The minimum absolute atomic E-state index is 0.205. The van der Waals surface area contributed by atoms with E-state index < -0.39 is 11.7 Å². The van der Waals surface area contributed by atoms with Crippen molar-refractivity contribution < 1.29 is 14.4 Å². The Kier molecular flexibility index (Phi) is 4.73. The Morgan fingerprint density at radius 1 is 1.22 bits per heavy atom. The Morgan fingerprint density at radius 3 is 2.28 bits per heavy atom. The van der Waals surface area contributed by atoms with Crippen LogP contribution in [0.1, 0.15) is 39.4 Å². The molecule has 1 aromatic rings. The van der Waals surface area contributed by atoms with Crippen LogP contribution >= 0.6 is 0 Å². The summed E-state index contributed by atoms with van der Waals surface area (Å²) in [6, 6.07) is 9.71. The summed E-state index contributed by atoms with van der Waals surface area (Å²) in [7, 11) is 1.55. The number of hydrogen-bond donors (Lipinski definition) is 0. The molecule has 4 nitrogen and oxygen atoms in total. The van der Waals surface area contributed by atoms with E-state index in [1.54, 1.807) is 7.05 Å². The van der Waals surface area contributed by atoms with Crippen molar-refractivity contribution in [3.05, 3.63) is 35.9 Å². The number of hydrogen-bond acceptors (Lipinski definition) is 3. The van der Waals surface area contributed by atoms with Crippen LogP contribution in [-0.4, -0.2) is 23.8 Å². The molecule has 1 aromatic carbocycles. The van der Waals surface area contributed by atoms with E-state index >= 15 is 0 Å². The first kappa shape index (κ1) is 14.5. The summed E-state index contributed by atoms with van der Waals surface area (Å²) in [5.74, 6) is 0. The van der Waals surface area contributed by atoms with E-state index in [-0.39, 0.29) is 6.10 Å². The molecule has 0 bridgehead atoms. The molecule has 0 heterocycles. The molecule has 4 heteroatoms. The summed E-state index contributed by atoms with van der Waals surface area (Å²) in [6.07, 6.45) is -0.700. The van der Waals surface area contributed by atoms with E-state index in [0.29, 0.717) is 0 Å². The Balaban J connectivity index is 2.55. The molecule has 0 saturated heterocycles. The second-order valence-corrected chi connectivity index (χ2v) is 5.14. The van der Waals surface area contributed by atoms with Crippen LogP contribution in [0.2, 0.25) is 0 Å². The molecule has 1 rings (SSSR count). The lowest BCUT2D eigenvalue weighted by atomic mass is 10.1. The monoisotopic (exact) mass is 251 g/mol. The average molecular weight is 251 g/mol. The quantitative estimate of drug-likeness (QED) is 0.771. The maximum absolute atomic E-state index is 11.7. The summed E-state index contributed by atoms with van der Waals surface area (Å²) in [4.78, 5) is 17.2. The molecule has 0 saturated carbocycles. The predicted molar refractivity (Wildman–Crippen MR) is 69.9 cm³/mol. The van der Waals surface area contributed by atoms with Gasteiger partial charge in [-0.15, -0.1) is 0 Å². The Bertz CT molecular complexity index is 384. The van der Waals surface area contributed by atoms with Crippen molar-refractivity contribution in [2.24, 2.45) is 0 Å². The van der Waals surface area contributed by atoms with Crippen molar-refractivity contribution >= 4 is 6.09 Å². The highest BCUT2D eigenvalue weighted by Crippen LogP contribution is 2.18. The van der Waals surface area contributed by atoms with Crippen molar-refractivity contribution in [1.29, 1.82) is 0 Å². The SMILES string of the molecule is CC(ON(C)C(=O)OC(C)(C)C)c1ccccc1. The fraction of sp³-hybridized carbons (Fsp3) is 0.500. The number of carbonyl (C=O) groups is 1. The molecule has 0 radical (unpaired) electrons. The van der Waals surface area contributed by atoms with E-state index in [2.05, 4.69) is 0 Å². The van der Waals surface area contributed by atoms with Crippen LogP contribution in [0.4, 0.5) is 4.79 Å². The minimum atomic E-state index is -0.523. The third-order valence-corrected chi connectivity index (χ3v) is 2.24. The number of rotatable bonds is 3. The zero-order valence-corrected chi connectivity index (χ0v) is 11.6. The normalized spacial score (nSPS) is 12.9. The molecule has 1 unspecified atom stereocenters. The molecule has 0 aliphatic heterocycles. The number of benzene rings is 1. The van der Waals surface area contributed by atoms with Crippen molar-refractivity contribution in [3.8, 4) is 0 Å². The van der Waals surface area contributed by atoms with Gasteiger partial charge in [0, 0.05) is 7.05 Å². The zero-order valence-electron chi connectivity index (χ0n) is 11.6. The van der Waals surface area contributed by atoms with Crippen LogP contribution in [0.15, 0.2) is 30.3 Å². The number of ether oxygens (including phenoxy) is 1. The highest BCUT2D eigenvalue weighted by atomic mass is 16.7. The lowest BCUT2D eigenvalue weighted by Gasteiger charge is -2.26. The maximum Gasteiger partial charge on any atom is 0.434 e. The molecule has 18 heavy (non-hydrogen) atoms. The van der Waals surface area contributed by atoms with Crippen LogP contribution in [0.5, 0.6) is 0 Å². The van der Waals surface area contributed by atoms with Crippen LogP contribution < -0.4 is 0 Å². The molecule has 0 N–H and O–H groups in total. The van der Waals surface area contributed by atoms with Crippen LogP contribution in [-0.2, 0) is 9.57 Å². The standard InChI is InChI=1S/C14H21NO3/c1-11(12-9-7-6-8-10-12)18-15(5)13(16)17-14(2,3)4/h6-11H,1-5H3. The Labute approximate surface area is 108 Å². The lowest BCUT2D eigenvalue weighted by molar-refractivity contribution is -0.164. The molecule has 100 valence electrons. The third-order valence-electron chi connectivity index (χ3n) is 2.24. The summed E-state index contributed by atoms with van der Waals surface area (Å²) in [5, 5.41) is 1.13. The highest BCUT2D eigenvalue weighted by Gasteiger charge is 2.21. The van der Waals surface area contributed by atoms with Gasteiger partial charge in [0.15, 0.2) is 0 Å². The van der Waals surface area contributed by atoms with Gasteiger partial charge in [-0.1, -0.05) is 30.3 Å². The number of carbonyl (C=O) groups excluding carboxylic acids is 1. The molecule has 0 aliphatic carbocycles. The smallest absolute Gasteiger partial charge is 0.434 e. The van der Waals surface area contributed by atoms with Gasteiger partial charge in [-0.25, -0.2) is 4.79 Å². The van der Waals surface area contributed by atoms with Gasteiger partial charge in [-0.2, -0.15) is 5.06 Å². The highest BCUT2D eigenvalue weighted by molar-refractivity contribution is 5.66. The van der Waals surface area contributed by atoms with E-state index in [1.165, 1.54) is 0 Å².